The number of fused-ring (bicyclic) bond motifs is 2. The van der Waals surface area contributed by atoms with Gasteiger partial charge in [0.1, 0.15) is 0 Å². The maximum atomic E-state index is 12.2. The summed E-state index contributed by atoms with van der Waals surface area (Å²) in [5.41, 5.74) is 4.94. The number of carbonyl (C=O) groups excluding carboxylic acids is 1. The van der Waals surface area contributed by atoms with E-state index in [1.165, 1.54) is 12.8 Å². The van der Waals surface area contributed by atoms with E-state index >= 15 is 0 Å². The van der Waals surface area contributed by atoms with Gasteiger partial charge in [-0.05, 0) is 48.8 Å². The van der Waals surface area contributed by atoms with E-state index in [-0.39, 0.29) is 16.7 Å². The zero-order chi connectivity index (χ0) is 15.3. The van der Waals surface area contributed by atoms with Gasteiger partial charge in [-0.15, -0.1) is 0 Å². The minimum Gasteiger partial charge on any atom is -0.267 e. The maximum absolute atomic E-state index is 12.2. The Labute approximate surface area is 134 Å². The summed E-state index contributed by atoms with van der Waals surface area (Å²) in [6.07, 6.45) is 3.47. The van der Waals surface area contributed by atoms with Gasteiger partial charge < -0.3 is 0 Å². The molecule has 2 saturated carbocycles. The van der Waals surface area contributed by atoms with Crippen molar-refractivity contribution in [2.24, 2.45) is 21.8 Å². The average molecular weight is 349 g/mol. The molecule has 0 aromatic heterocycles. The fraction of sp³-hybridized carbons (Fsp3) is 0.529. The molecule has 112 valence electrons. The predicted molar refractivity (Wildman–Crippen MR) is 88.3 cm³/mol. The zero-order valence-electron chi connectivity index (χ0n) is 12.7. The average Bonchev–Trinajstić information content (AvgIpc) is 2.77. The van der Waals surface area contributed by atoms with Gasteiger partial charge in [-0.25, -0.2) is 5.43 Å². The quantitative estimate of drug-likeness (QED) is 0.791. The van der Waals surface area contributed by atoms with Crippen LogP contribution in [0.25, 0.3) is 0 Å². The molecule has 0 radical (unpaired) electrons. The van der Waals surface area contributed by atoms with E-state index < -0.39 is 0 Å². The summed E-state index contributed by atoms with van der Waals surface area (Å²) in [6.45, 7) is 6.97. The summed E-state index contributed by atoms with van der Waals surface area (Å²) in [6, 6.07) is 7.37. The highest BCUT2D eigenvalue weighted by atomic mass is 79.9. The molecule has 1 amide bonds. The molecule has 0 saturated heterocycles. The van der Waals surface area contributed by atoms with Gasteiger partial charge in [-0.1, -0.05) is 42.8 Å². The SMILES string of the molecule is CC1(C)[C@H]2CC[C@]1(C)/C(=N/NC(=O)c1cccc(Br)c1)C2. The van der Waals surface area contributed by atoms with Crippen molar-refractivity contribution in [3.8, 4) is 0 Å². The van der Waals surface area contributed by atoms with Gasteiger partial charge in [0.2, 0.25) is 0 Å². The van der Waals surface area contributed by atoms with Crippen molar-refractivity contribution in [2.75, 3.05) is 0 Å². The summed E-state index contributed by atoms with van der Waals surface area (Å²) in [5, 5.41) is 4.48. The van der Waals surface area contributed by atoms with Crippen LogP contribution in [0, 0.1) is 16.7 Å². The molecule has 4 heteroatoms. The Balaban J connectivity index is 1.77. The number of carbonyl (C=O) groups is 1. The lowest BCUT2D eigenvalue weighted by molar-refractivity contribution is 0.0954. The largest absolute Gasteiger partial charge is 0.271 e. The van der Waals surface area contributed by atoms with E-state index in [0.29, 0.717) is 11.5 Å². The van der Waals surface area contributed by atoms with E-state index in [1.807, 2.05) is 18.2 Å². The molecule has 1 N–H and O–H groups in total. The van der Waals surface area contributed by atoms with Gasteiger partial charge >= 0.3 is 0 Å². The van der Waals surface area contributed by atoms with Crippen LogP contribution in [-0.2, 0) is 0 Å². The second-order valence-corrected chi connectivity index (χ2v) is 7.92. The Hall–Kier alpha value is -1.16. The van der Waals surface area contributed by atoms with Crippen molar-refractivity contribution in [1.82, 2.24) is 5.43 Å². The molecule has 21 heavy (non-hydrogen) atoms. The monoisotopic (exact) mass is 348 g/mol. The third-order valence-corrected chi connectivity index (χ3v) is 6.38. The van der Waals surface area contributed by atoms with Gasteiger partial charge in [0.25, 0.3) is 5.91 Å². The van der Waals surface area contributed by atoms with Crippen molar-refractivity contribution in [3.05, 3.63) is 34.3 Å². The normalized spacial score (nSPS) is 31.6. The van der Waals surface area contributed by atoms with Crippen LogP contribution in [0.2, 0.25) is 0 Å². The lowest BCUT2D eigenvalue weighted by Gasteiger charge is -2.34. The van der Waals surface area contributed by atoms with Crippen LogP contribution in [-0.4, -0.2) is 11.6 Å². The van der Waals surface area contributed by atoms with Gasteiger partial charge in [0, 0.05) is 21.2 Å². The molecule has 1 aromatic rings. The number of amides is 1. The molecule has 3 rings (SSSR count). The fourth-order valence-electron chi connectivity index (χ4n) is 3.91. The Morgan fingerprint density at radius 1 is 1.38 bits per heavy atom. The van der Waals surface area contributed by atoms with E-state index in [2.05, 4.69) is 47.2 Å². The number of hydrazone groups is 1. The molecule has 2 bridgehead atoms. The van der Waals surface area contributed by atoms with E-state index in [0.717, 1.165) is 16.6 Å². The van der Waals surface area contributed by atoms with Crippen LogP contribution in [0.5, 0.6) is 0 Å². The fourth-order valence-corrected chi connectivity index (χ4v) is 4.31. The lowest BCUT2D eigenvalue weighted by atomic mass is 9.70. The number of benzene rings is 1. The van der Waals surface area contributed by atoms with Crippen LogP contribution in [0.3, 0.4) is 0 Å². The van der Waals surface area contributed by atoms with Crippen LogP contribution < -0.4 is 5.43 Å². The van der Waals surface area contributed by atoms with Crippen LogP contribution >= 0.6 is 15.9 Å². The van der Waals surface area contributed by atoms with Gasteiger partial charge in [-0.2, -0.15) is 5.10 Å². The summed E-state index contributed by atoms with van der Waals surface area (Å²) in [4.78, 5) is 12.2. The highest BCUT2D eigenvalue weighted by Crippen LogP contribution is 2.63. The van der Waals surface area contributed by atoms with E-state index in [9.17, 15) is 4.79 Å². The Kier molecular flexibility index (Phi) is 3.47. The van der Waals surface area contributed by atoms with Crippen molar-refractivity contribution < 1.29 is 4.79 Å². The highest BCUT2D eigenvalue weighted by Gasteiger charge is 2.59. The van der Waals surface area contributed by atoms with Crippen molar-refractivity contribution in [2.45, 2.75) is 40.0 Å². The highest BCUT2D eigenvalue weighted by molar-refractivity contribution is 9.10. The molecular formula is C17H21BrN2O. The van der Waals surface area contributed by atoms with Crippen LogP contribution in [0.1, 0.15) is 50.4 Å². The smallest absolute Gasteiger partial charge is 0.267 e. The van der Waals surface area contributed by atoms with E-state index in [4.69, 9.17) is 0 Å². The predicted octanol–water partition coefficient (Wildman–Crippen LogP) is 4.38. The molecule has 2 atom stereocenters. The minimum absolute atomic E-state index is 0.127. The lowest BCUT2D eigenvalue weighted by Crippen LogP contribution is -2.34. The van der Waals surface area contributed by atoms with E-state index in [1.54, 1.807) is 6.07 Å². The number of hydrogen-bond acceptors (Lipinski definition) is 2. The molecular weight excluding hydrogens is 328 g/mol. The first kappa shape index (κ1) is 14.8. The first-order valence-electron chi connectivity index (χ1n) is 7.47. The third kappa shape index (κ3) is 2.24. The van der Waals surface area contributed by atoms with Gasteiger partial charge in [0.15, 0.2) is 0 Å². The molecule has 2 aliphatic carbocycles. The molecule has 3 nitrogen and oxygen atoms in total. The summed E-state index contributed by atoms with van der Waals surface area (Å²) in [7, 11) is 0. The second kappa shape index (κ2) is 4.94. The van der Waals surface area contributed by atoms with Crippen molar-refractivity contribution in [3.63, 3.8) is 0 Å². The van der Waals surface area contributed by atoms with Crippen LogP contribution in [0.4, 0.5) is 0 Å². The molecule has 0 unspecified atom stereocenters. The standard InChI is InChI=1S/C17H21BrN2O/c1-16(2)12-7-8-17(16,3)14(10-12)19-20-15(21)11-5-4-6-13(18)9-11/h4-6,9,12H,7-8,10H2,1-3H3,(H,20,21)/b19-14+/t12-,17+/m0/s1. The summed E-state index contributed by atoms with van der Waals surface area (Å²) < 4.78 is 0.899. The Morgan fingerprint density at radius 2 is 2.14 bits per heavy atom. The molecule has 2 aliphatic rings. The summed E-state index contributed by atoms with van der Waals surface area (Å²) >= 11 is 3.38. The molecule has 0 aliphatic heterocycles. The topological polar surface area (TPSA) is 41.5 Å². The molecule has 0 heterocycles. The zero-order valence-corrected chi connectivity index (χ0v) is 14.3. The Morgan fingerprint density at radius 3 is 2.71 bits per heavy atom. The molecule has 0 spiro atoms. The number of halogens is 1. The number of nitrogens with one attached hydrogen (secondary N) is 1. The second-order valence-electron chi connectivity index (χ2n) is 7.00. The van der Waals surface area contributed by atoms with Gasteiger partial charge in [-0.3, -0.25) is 4.79 Å². The maximum Gasteiger partial charge on any atom is 0.271 e. The van der Waals surface area contributed by atoms with Gasteiger partial charge in [0.05, 0.1) is 0 Å². The number of hydrogen-bond donors (Lipinski definition) is 1. The molecule has 1 aromatic carbocycles. The third-order valence-electron chi connectivity index (χ3n) is 5.89. The summed E-state index contributed by atoms with van der Waals surface area (Å²) in [5.74, 6) is 0.553. The molecule has 2 fully saturated rings. The number of rotatable bonds is 2. The van der Waals surface area contributed by atoms with Crippen molar-refractivity contribution >= 4 is 27.5 Å². The first-order valence-corrected chi connectivity index (χ1v) is 8.27. The first-order chi connectivity index (χ1) is 9.84. The minimum atomic E-state index is -0.145. The Bertz CT molecular complexity index is 623. The number of nitrogens with zero attached hydrogens (tertiary/aromatic N) is 1. The van der Waals surface area contributed by atoms with Crippen molar-refractivity contribution in [1.29, 1.82) is 0 Å². The van der Waals surface area contributed by atoms with Crippen LogP contribution in [0.15, 0.2) is 33.8 Å².